The summed E-state index contributed by atoms with van der Waals surface area (Å²) in [6.07, 6.45) is 4.65. The van der Waals surface area contributed by atoms with E-state index < -0.39 is 41.5 Å². The van der Waals surface area contributed by atoms with Crippen LogP contribution in [-0.4, -0.2) is 60.9 Å². The van der Waals surface area contributed by atoms with Crippen molar-refractivity contribution >= 4 is 18.4 Å². The summed E-state index contributed by atoms with van der Waals surface area (Å²) in [6.45, 7) is 10.0. The average Bonchev–Trinajstić information content (AvgIpc) is 3.45. The normalized spacial score (nSPS) is 20.7. The lowest BCUT2D eigenvalue weighted by Crippen LogP contribution is -2.51. The largest absolute Gasteiger partial charge is 0.442 e. The van der Waals surface area contributed by atoms with Crippen molar-refractivity contribution in [2.24, 2.45) is 5.10 Å². The number of pyridine rings is 2. The Morgan fingerprint density at radius 2 is 1.41 bits per heavy atom. The highest BCUT2D eigenvalue weighted by atomic mass is 19.1. The van der Waals surface area contributed by atoms with E-state index in [1.807, 2.05) is 0 Å². The third-order valence-electron chi connectivity index (χ3n) is 5.31. The molecule has 0 radical (unpaired) electrons. The second kappa shape index (κ2) is 11.9. The predicted octanol–water partition coefficient (Wildman–Crippen LogP) is 4.61. The number of aliphatic hydroxyl groups is 1. The molecule has 2 aliphatic rings. The summed E-state index contributed by atoms with van der Waals surface area (Å²) >= 11 is 0. The van der Waals surface area contributed by atoms with E-state index in [0.29, 0.717) is 5.56 Å². The number of amides is 2. The number of hydrazone groups is 1. The molecular formula is C26H34F2N6O5. The Kier molecular flexibility index (Phi) is 9.05. The van der Waals surface area contributed by atoms with E-state index in [4.69, 9.17) is 9.47 Å². The minimum absolute atomic E-state index is 0.0381. The van der Waals surface area contributed by atoms with Crippen LogP contribution < -0.4 is 5.43 Å². The van der Waals surface area contributed by atoms with Crippen LogP contribution in [0, 0.1) is 11.6 Å². The minimum atomic E-state index is -1.35. The third kappa shape index (κ3) is 8.31. The fourth-order valence-electron chi connectivity index (χ4n) is 3.81. The van der Waals surface area contributed by atoms with Gasteiger partial charge in [-0.15, -0.1) is 0 Å². The van der Waals surface area contributed by atoms with E-state index in [-0.39, 0.29) is 18.3 Å². The van der Waals surface area contributed by atoms with Gasteiger partial charge in [0.05, 0.1) is 24.5 Å². The molecule has 2 aromatic heterocycles. The molecule has 13 heteroatoms. The summed E-state index contributed by atoms with van der Waals surface area (Å²) in [5.41, 5.74) is 2.35. The van der Waals surface area contributed by atoms with Crippen LogP contribution in [0.4, 0.5) is 18.4 Å². The monoisotopic (exact) mass is 548 g/mol. The molecule has 0 bridgehead atoms. The summed E-state index contributed by atoms with van der Waals surface area (Å²) in [7, 11) is 0. The molecule has 2 amide bonds. The number of hydrazine groups is 1. The number of nitrogens with one attached hydrogen (secondary N) is 1. The zero-order valence-corrected chi connectivity index (χ0v) is 22.8. The molecule has 2 aliphatic heterocycles. The van der Waals surface area contributed by atoms with Crippen molar-refractivity contribution in [3.8, 4) is 0 Å². The van der Waals surface area contributed by atoms with Gasteiger partial charge in [0.25, 0.3) is 0 Å². The molecule has 2 aromatic rings. The average molecular weight is 549 g/mol. The first-order valence-corrected chi connectivity index (χ1v) is 12.3. The maximum Gasteiger partial charge on any atom is 0.431 e. The first-order chi connectivity index (χ1) is 18.1. The van der Waals surface area contributed by atoms with Gasteiger partial charge < -0.3 is 20.0 Å². The van der Waals surface area contributed by atoms with Crippen LogP contribution in [0.25, 0.3) is 0 Å². The summed E-state index contributed by atoms with van der Waals surface area (Å²) in [4.78, 5) is 32.9. The highest BCUT2D eigenvalue weighted by Gasteiger charge is 2.48. The fourth-order valence-corrected chi connectivity index (χ4v) is 3.81. The van der Waals surface area contributed by atoms with E-state index in [0.717, 1.165) is 28.2 Å². The summed E-state index contributed by atoms with van der Waals surface area (Å²) in [6, 6.07) is 1.92. The Bertz CT molecular complexity index is 1190. The van der Waals surface area contributed by atoms with Crippen molar-refractivity contribution in [2.45, 2.75) is 83.9 Å². The van der Waals surface area contributed by atoms with Crippen LogP contribution in [0.3, 0.4) is 0 Å². The Hall–Kier alpha value is -3.87. The lowest BCUT2D eigenvalue weighted by atomic mass is 10.1. The first-order valence-electron chi connectivity index (χ1n) is 12.3. The van der Waals surface area contributed by atoms with Gasteiger partial charge in [0.1, 0.15) is 22.8 Å². The molecule has 212 valence electrons. The van der Waals surface area contributed by atoms with Crippen LogP contribution in [0.1, 0.15) is 77.6 Å². The second-order valence-corrected chi connectivity index (χ2v) is 11.0. The van der Waals surface area contributed by atoms with Crippen LogP contribution in [0.15, 0.2) is 42.0 Å². The Morgan fingerprint density at radius 1 is 0.897 bits per heavy atom. The number of hydrogen-bond acceptors (Lipinski definition) is 9. The summed E-state index contributed by atoms with van der Waals surface area (Å²) < 4.78 is 37.0. The maximum absolute atomic E-state index is 13.6. The van der Waals surface area contributed by atoms with Crippen molar-refractivity contribution in [1.29, 1.82) is 0 Å². The molecular weight excluding hydrogens is 514 g/mol. The Labute approximate surface area is 225 Å². The van der Waals surface area contributed by atoms with E-state index in [2.05, 4.69) is 20.5 Å². The number of aliphatic hydroxyl groups excluding tert-OH is 1. The van der Waals surface area contributed by atoms with Gasteiger partial charge in [-0.3, -0.25) is 9.97 Å². The standard InChI is InChI=1S/C18H26FN3O5.C8H8FN3/c1-17(2,3)26-15(24)21-13(11-7-12(19)10-20-9-11)8-14(23)22(21)16(25)27-18(4,5)6;9-7-3-6(4-10-5-7)8-1-2-11-12-8/h7,9-10,13-14,23H,8H2,1-6H3;2-5,8,12H,1H2. The highest BCUT2D eigenvalue weighted by molar-refractivity contribution is 5.76. The van der Waals surface area contributed by atoms with E-state index in [9.17, 15) is 23.5 Å². The first kappa shape index (κ1) is 29.7. The molecule has 3 unspecified atom stereocenters. The number of halogens is 2. The third-order valence-corrected chi connectivity index (χ3v) is 5.31. The fraction of sp³-hybridized carbons (Fsp3) is 0.500. The molecule has 4 rings (SSSR count). The zero-order chi connectivity index (χ0) is 29.0. The van der Waals surface area contributed by atoms with Gasteiger partial charge in [0.15, 0.2) is 6.23 Å². The highest BCUT2D eigenvalue weighted by Crippen LogP contribution is 2.37. The molecule has 1 saturated heterocycles. The van der Waals surface area contributed by atoms with E-state index >= 15 is 0 Å². The van der Waals surface area contributed by atoms with Gasteiger partial charge in [0.2, 0.25) is 0 Å². The number of hydrogen-bond donors (Lipinski definition) is 2. The van der Waals surface area contributed by atoms with Crippen LogP contribution in [0.5, 0.6) is 0 Å². The summed E-state index contributed by atoms with van der Waals surface area (Å²) in [5, 5.41) is 16.0. The van der Waals surface area contributed by atoms with Gasteiger partial charge in [-0.2, -0.15) is 10.1 Å². The number of carbonyl (C=O) groups is 2. The van der Waals surface area contributed by atoms with Crippen molar-refractivity contribution in [3.63, 3.8) is 0 Å². The predicted molar refractivity (Wildman–Crippen MR) is 137 cm³/mol. The smallest absolute Gasteiger partial charge is 0.431 e. The Balaban J connectivity index is 0.000000289. The van der Waals surface area contributed by atoms with Gasteiger partial charge in [0, 0.05) is 31.4 Å². The van der Waals surface area contributed by atoms with Crippen molar-refractivity contribution in [1.82, 2.24) is 25.4 Å². The topological polar surface area (TPSA) is 129 Å². The van der Waals surface area contributed by atoms with Crippen LogP contribution in [-0.2, 0) is 9.47 Å². The number of aromatic nitrogens is 2. The molecule has 3 atom stereocenters. The molecule has 1 fully saturated rings. The SMILES string of the molecule is CC(C)(C)OC(=O)N1C(O)CC(c2cncc(F)c2)N1C(=O)OC(C)(C)C.Fc1cncc(C2CC=NN2)c1. The van der Waals surface area contributed by atoms with Gasteiger partial charge >= 0.3 is 12.2 Å². The van der Waals surface area contributed by atoms with Gasteiger partial charge in [-0.05, 0) is 64.8 Å². The van der Waals surface area contributed by atoms with Crippen molar-refractivity contribution < 1.29 is 33.0 Å². The van der Waals surface area contributed by atoms with Crippen LogP contribution in [0.2, 0.25) is 0 Å². The molecule has 0 spiro atoms. The van der Waals surface area contributed by atoms with Crippen molar-refractivity contribution in [3.05, 3.63) is 59.7 Å². The lowest BCUT2D eigenvalue weighted by Gasteiger charge is -2.35. The summed E-state index contributed by atoms with van der Waals surface area (Å²) in [5.74, 6) is -0.900. The minimum Gasteiger partial charge on any atom is -0.442 e. The number of ether oxygens (including phenoxy) is 2. The molecule has 4 heterocycles. The molecule has 11 nitrogen and oxygen atoms in total. The number of carbonyl (C=O) groups excluding carboxylic acids is 2. The van der Waals surface area contributed by atoms with E-state index in [1.165, 1.54) is 24.5 Å². The van der Waals surface area contributed by atoms with Crippen LogP contribution >= 0.6 is 0 Å². The molecule has 0 saturated carbocycles. The van der Waals surface area contributed by atoms with Gasteiger partial charge in [-0.1, -0.05) is 0 Å². The lowest BCUT2D eigenvalue weighted by molar-refractivity contribution is -0.0964. The molecule has 0 aromatic carbocycles. The van der Waals surface area contributed by atoms with Gasteiger partial charge in [-0.25, -0.2) is 23.4 Å². The zero-order valence-electron chi connectivity index (χ0n) is 22.8. The van der Waals surface area contributed by atoms with Crippen molar-refractivity contribution in [2.75, 3.05) is 0 Å². The molecule has 0 aliphatic carbocycles. The maximum atomic E-state index is 13.6. The second-order valence-electron chi connectivity index (χ2n) is 11.0. The number of rotatable bonds is 2. The molecule has 2 N–H and O–H groups in total. The quantitative estimate of drug-likeness (QED) is 0.557. The van der Waals surface area contributed by atoms with E-state index in [1.54, 1.807) is 54.0 Å². The number of nitrogens with zero attached hydrogens (tertiary/aromatic N) is 5. The molecule has 39 heavy (non-hydrogen) atoms. The Morgan fingerprint density at radius 3 is 1.90 bits per heavy atom.